The van der Waals surface area contributed by atoms with Gasteiger partial charge in [0.2, 0.25) is 0 Å². The summed E-state index contributed by atoms with van der Waals surface area (Å²) in [5.41, 5.74) is -0.981. The third-order valence-corrected chi connectivity index (χ3v) is 2.89. The van der Waals surface area contributed by atoms with Gasteiger partial charge in [0.1, 0.15) is 5.69 Å². The van der Waals surface area contributed by atoms with E-state index in [0.29, 0.717) is 5.56 Å². The first kappa shape index (κ1) is 11.4. The molecule has 3 rings (SSSR count). The highest BCUT2D eigenvalue weighted by molar-refractivity contribution is 6.10. The van der Waals surface area contributed by atoms with Gasteiger partial charge in [-0.15, -0.1) is 0 Å². The van der Waals surface area contributed by atoms with E-state index >= 15 is 0 Å². The molecule has 0 bridgehead atoms. The van der Waals surface area contributed by atoms with Crippen molar-refractivity contribution in [2.75, 3.05) is 4.90 Å². The van der Waals surface area contributed by atoms with E-state index in [0.717, 1.165) is 11.1 Å². The van der Waals surface area contributed by atoms with Gasteiger partial charge in [0.25, 0.3) is 11.5 Å². The molecule has 0 saturated carbocycles. The number of amides is 1. The van der Waals surface area contributed by atoms with E-state index in [1.54, 1.807) is 0 Å². The number of hydrogen-bond donors (Lipinski definition) is 3. The quantitative estimate of drug-likeness (QED) is 0.614. The van der Waals surface area contributed by atoms with Gasteiger partial charge >= 0.3 is 5.69 Å². The second kappa shape index (κ2) is 3.89. The molecule has 8 heteroatoms. The normalized spacial score (nSPS) is 17.6. The maximum atomic E-state index is 12.1. The molecule has 1 atom stereocenters. The van der Waals surface area contributed by atoms with Gasteiger partial charge in [0.15, 0.2) is 6.23 Å². The monoisotopic (exact) mass is 260 g/mol. The maximum absolute atomic E-state index is 12.1. The molecule has 1 amide bonds. The summed E-state index contributed by atoms with van der Waals surface area (Å²) in [5.74, 6) is -0.548. The van der Waals surface area contributed by atoms with Crippen LogP contribution in [0.25, 0.3) is 0 Å². The van der Waals surface area contributed by atoms with Crippen molar-refractivity contribution < 1.29 is 9.90 Å². The molecule has 3 N–H and O–H groups in total. The van der Waals surface area contributed by atoms with Crippen LogP contribution in [0, 0.1) is 0 Å². The van der Waals surface area contributed by atoms with Crippen LogP contribution in [0.15, 0.2) is 34.2 Å². The predicted octanol–water partition coefficient (Wildman–Crippen LogP) is -0.891. The van der Waals surface area contributed by atoms with Crippen molar-refractivity contribution >= 4 is 11.6 Å². The van der Waals surface area contributed by atoms with Gasteiger partial charge in [0.05, 0.1) is 5.56 Å². The van der Waals surface area contributed by atoms with Gasteiger partial charge in [0, 0.05) is 24.2 Å². The highest BCUT2D eigenvalue weighted by Gasteiger charge is 2.38. The fourth-order valence-corrected chi connectivity index (χ4v) is 2.01. The summed E-state index contributed by atoms with van der Waals surface area (Å²) in [4.78, 5) is 43.7. The zero-order valence-electron chi connectivity index (χ0n) is 9.45. The van der Waals surface area contributed by atoms with E-state index in [2.05, 4.69) is 9.97 Å². The van der Waals surface area contributed by atoms with Crippen LogP contribution >= 0.6 is 0 Å². The number of carbonyl (C=O) groups excluding carboxylic acids is 1. The van der Waals surface area contributed by atoms with Gasteiger partial charge in [-0.2, -0.15) is 0 Å². The van der Waals surface area contributed by atoms with E-state index in [1.807, 2.05) is 4.98 Å². The molecule has 0 aromatic carbocycles. The number of hydrogen-bond acceptors (Lipinski definition) is 5. The summed E-state index contributed by atoms with van der Waals surface area (Å²) in [5, 5.41) is 10.1. The summed E-state index contributed by atoms with van der Waals surface area (Å²) < 4.78 is 0. The molecule has 96 valence electrons. The van der Waals surface area contributed by atoms with Gasteiger partial charge in [-0.1, -0.05) is 0 Å². The van der Waals surface area contributed by atoms with Crippen LogP contribution in [-0.4, -0.2) is 26.0 Å². The van der Waals surface area contributed by atoms with E-state index in [9.17, 15) is 19.5 Å². The number of anilines is 1. The number of aromatic nitrogens is 3. The molecule has 3 heterocycles. The summed E-state index contributed by atoms with van der Waals surface area (Å²) >= 11 is 0. The van der Waals surface area contributed by atoms with Crippen LogP contribution in [0.4, 0.5) is 5.69 Å². The van der Waals surface area contributed by atoms with E-state index in [4.69, 9.17) is 0 Å². The van der Waals surface area contributed by atoms with Crippen molar-refractivity contribution in [3.63, 3.8) is 0 Å². The number of aliphatic hydroxyl groups excluding tert-OH is 1. The van der Waals surface area contributed by atoms with Gasteiger partial charge < -0.3 is 10.1 Å². The number of rotatable bonds is 1. The fraction of sp³-hybridized carbons (Fsp3) is 0.0909. The van der Waals surface area contributed by atoms with Crippen molar-refractivity contribution in [3.05, 3.63) is 56.6 Å². The number of nitrogens with one attached hydrogen (secondary N) is 2. The van der Waals surface area contributed by atoms with E-state index in [1.165, 1.54) is 18.5 Å². The Morgan fingerprint density at radius 1 is 1.32 bits per heavy atom. The number of aliphatic hydroxyl groups is 1. The molecule has 1 aliphatic rings. The van der Waals surface area contributed by atoms with Crippen molar-refractivity contribution in [2.45, 2.75) is 6.23 Å². The Kier molecular flexibility index (Phi) is 2.32. The average molecular weight is 260 g/mol. The average Bonchev–Trinajstić information content (AvgIpc) is 2.64. The molecular formula is C11H8N4O4. The fourth-order valence-electron chi connectivity index (χ4n) is 2.01. The number of carbonyl (C=O) groups is 1. The summed E-state index contributed by atoms with van der Waals surface area (Å²) in [6.07, 6.45) is 2.57. The highest BCUT2D eigenvalue weighted by Crippen LogP contribution is 2.32. The Balaban J connectivity index is 2.16. The van der Waals surface area contributed by atoms with Crippen LogP contribution in [-0.2, 0) is 0 Å². The third-order valence-electron chi connectivity index (χ3n) is 2.89. The summed E-state index contributed by atoms with van der Waals surface area (Å²) in [7, 11) is 0. The topological polar surface area (TPSA) is 119 Å². The van der Waals surface area contributed by atoms with Crippen LogP contribution in [0.3, 0.4) is 0 Å². The molecule has 1 aliphatic heterocycles. The Morgan fingerprint density at radius 2 is 2.11 bits per heavy atom. The Morgan fingerprint density at radius 3 is 2.79 bits per heavy atom. The van der Waals surface area contributed by atoms with Gasteiger partial charge in [-0.3, -0.25) is 24.5 Å². The Hall–Kier alpha value is -2.74. The number of nitrogens with zero attached hydrogens (tertiary/aromatic N) is 2. The van der Waals surface area contributed by atoms with Gasteiger partial charge in [-0.05, 0) is 6.07 Å². The minimum atomic E-state index is -1.28. The zero-order valence-corrected chi connectivity index (χ0v) is 9.45. The first-order valence-electron chi connectivity index (χ1n) is 5.37. The van der Waals surface area contributed by atoms with Crippen LogP contribution in [0.1, 0.15) is 22.1 Å². The molecule has 0 aliphatic carbocycles. The lowest BCUT2D eigenvalue weighted by molar-refractivity contribution is 0.0934. The van der Waals surface area contributed by atoms with Crippen LogP contribution in [0.2, 0.25) is 0 Å². The number of fused-ring (bicyclic) bond motifs is 1. The number of pyridine rings is 1. The highest BCUT2D eigenvalue weighted by atomic mass is 16.3. The molecule has 0 saturated heterocycles. The molecule has 0 radical (unpaired) electrons. The van der Waals surface area contributed by atoms with Crippen molar-refractivity contribution in [1.82, 2.24) is 15.0 Å². The SMILES string of the molecule is O=C1c2cnccc2C(O)N1c1c[nH]c(=O)[nH]c1=O. The molecule has 2 aromatic heterocycles. The molecule has 0 spiro atoms. The lowest BCUT2D eigenvalue weighted by atomic mass is 10.2. The lowest BCUT2D eigenvalue weighted by Crippen LogP contribution is -2.35. The molecule has 8 nitrogen and oxygen atoms in total. The minimum absolute atomic E-state index is 0.131. The molecule has 19 heavy (non-hydrogen) atoms. The molecular weight excluding hydrogens is 252 g/mol. The largest absolute Gasteiger partial charge is 0.369 e. The number of aromatic amines is 2. The van der Waals surface area contributed by atoms with Crippen molar-refractivity contribution in [2.24, 2.45) is 0 Å². The second-order valence-corrected chi connectivity index (χ2v) is 3.97. The first-order valence-corrected chi connectivity index (χ1v) is 5.37. The van der Waals surface area contributed by atoms with E-state index < -0.39 is 23.4 Å². The third kappa shape index (κ3) is 1.58. The smallest absolute Gasteiger partial charge is 0.325 e. The lowest BCUT2D eigenvalue weighted by Gasteiger charge is -2.19. The maximum Gasteiger partial charge on any atom is 0.325 e. The molecule has 0 fully saturated rings. The van der Waals surface area contributed by atoms with Crippen LogP contribution < -0.4 is 16.1 Å². The summed E-state index contributed by atoms with van der Waals surface area (Å²) in [6, 6.07) is 1.50. The first-order chi connectivity index (χ1) is 9.09. The van der Waals surface area contributed by atoms with Crippen LogP contribution in [0.5, 0.6) is 0 Å². The van der Waals surface area contributed by atoms with Crippen molar-refractivity contribution in [3.8, 4) is 0 Å². The number of H-pyrrole nitrogens is 2. The minimum Gasteiger partial charge on any atom is -0.369 e. The second-order valence-electron chi connectivity index (χ2n) is 3.97. The van der Waals surface area contributed by atoms with Gasteiger partial charge in [-0.25, -0.2) is 4.79 Å². The molecule has 1 unspecified atom stereocenters. The molecule has 2 aromatic rings. The Bertz CT molecular complexity index is 779. The zero-order chi connectivity index (χ0) is 13.6. The summed E-state index contributed by atoms with van der Waals surface area (Å²) in [6.45, 7) is 0. The predicted molar refractivity (Wildman–Crippen MR) is 63.7 cm³/mol. The Labute approximate surface area is 105 Å². The van der Waals surface area contributed by atoms with Crippen molar-refractivity contribution in [1.29, 1.82) is 0 Å². The van der Waals surface area contributed by atoms with E-state index in [-0.39, 0.29) is 11.3 Å². The standard InChI is InChI=1S/C11H8N4O4/c16-8-7(4-13-11(19)14-8)15-9(17)5-1-2-12-3-6(5)10(15)18/h1-4,9,17H,(H2,13,14,16,19).